The van der Waals surface area contributed by atoms with Crippen molar-refractivity contribution in [1.29, 1.82) is 0 Å². The standard InChI is InChI=1S/C26H41NO5S/c1-17(18(2)14-21-16-33-20(4)27-21)12-10-8-7-9-11-13-22(28)19(3)25(32)26(5,6)23(29)15-24(30)31/h8,10,14,16-17,19,22-23,28-29H,7,9,11-13,15H2,1-6H3,(H,30,31)/b10-8+,18-14+/t17?,19-,22-,23+/m1/s1. The lowest BCUT2D eigenvalue weighted by molar-refractivity contribution is -0.146. The summed E-state index contributed by atoms with van der Waals surface area (Å²) in [5.41, 5.74) is 1.11. The molecule has 1 aromatic heterocycles. The predicted octanol–water partition coefficient (Wildman–Crippen LogP) is 5.43. The summed E-state index contributed by atoms with van der Waals surface area (Å²) < 4.78 is 0. The molecule has 1 rings (SSSR count). The van der Waals surface area contributed by atoms with Gasteiger partial charge in [0.2, 0.25) is 0 Å². The van der Waals surface area contributed by atoms with E-state index in [9.17, 15) is 19.8 Å². The summed E-state index contributed by atoms with van der Waals surface area (Å²) >= 11 is 1.66. The van der Waals surface area contributed by atoms with Crippen molar-refractivity contribution in [3.05, 3.63) is 33.8 Å². The molecule has 1 heterocycles. The lowest BCUT2D eigenvalue weighted by Crippen LogP contribution is -2.44. The van der Waals surface area contributed by atoms with Crippen LogP contribution in [-0.2, 0) is 9.59 Å². The molecule has 0 amide bonds. The number of aliphatic hydroxyl groups is 2. The number of carbonyl (C=O) groups is 2. The van der Waals surface area contributed by atoms with E-state index >= 15 is 0 Å². The number of ketones is 1. The third kappa shape index (κ3) is 9.90. The average Bonchev–Trinajstić information content (AvgIpc) is 3.15. The minimum absolute atomic E-state index is 0.311. The fourth-order valence-electron chi connectivity index (χ4n) is 3.64. The van der Waals surface area contributed by atoms with Gasteiger partial charge in [-0.15, -0.1) is 11.3 Å². The molecule has 0 saturated carbocycles. The van der Waals surface area contributed by atoms with Crippen molar-refractivity contribution in [3.63, 3.8) is 0 Å². The Morgan fingerprint density at radius 2 is 1.85 bits per heavy atom. The van der Waals surface area contributed by atoms with Gasteiger partial charge in [0.15, 0.2) is 0 Å². The van der Waals surface area contributed by atoms with Gasteiger partial charge >= 0.3 is 5.97 Å². The highest BCUT2D eigenvalue weighted by molar-refractivity contribution is 7.09. The summed E-state index contributed by atoms with van der Waals surface area (Å²) in [5.74, 6) is -1.68. The Labute approximate surface area is 202 Å². The van der Waals surface area contributed by atoms with Gasteiger partial charge in [0, 0.05) is 11.3 Å². The average molecular weight is 480 g/mol. The number of hydrogen-bond acceptors (Lipinski definition) is 6. The number of aromatic nitrogens is 1. The fourth-order valence-corrected chi connectivity index (χ4v) is 4.21. The van der Waals surface area contributed by atoms with Gasteiger partial charge in [-0.25, -0.2) is 4.98 Å². The number of hydrogen-bond donors (Lipinski definition) is 3. The number of unbranched alkanes of at least 4 members (excludes halogenated alkanes) is 2. The smallest absolute Gasteiger partial charge is 0.306 e. The third-order valence-corrected chi connectivity index (χ3v) is 7.19. The van der Waals surface area contributed by atoms with E-state index in [0.717, 1.165) is 36.4 Å². The number of carboxylic acids is 1. The second-order valence-corrected chi connectivity index (χ2v) is 10.7. The highest BCUT2D eigenvalue weighted by Gasteiger charge is 2.40. The number of carboxylic acid groups (broad SMARTS) is 1. The van der Waals surface area contributed by atoms with Crippen LogP contribution >= 0.6 is 11.3 Å². The predicted molar refractivity (Wildman–Crippen MR) is 134 cm³/mol. The van der Waals surface area contributed by atoms with Crippen LogP contribution in [0, 0.1) is 24.2 Å². The van der Waals surface area contributed by atoms with Gasteiger partial charge in [-0.2, -0.15) is 0 Å². The summed E-state index contributed by atoms with van der Waals surface area (Å²) in [5, 5.41) is 32.5. The first-order valence-electron chi connectivity index (χ1n) is 11.7. The number of aliphatic carboxylic acids is 1. The van der Waals surface area contributed by atoms with Gasteiger partial charge in [0.25, 0.3) is 0 Å². The maximum absolute atomic E-state index is 12.7. The van der Waals surface area contributed by atoms with Gasteiger partial charge in [0.1, 0.15) is 5.78 Å². The number of aryl methyl sites for hydroxylation is 1. The number of aliphatic hydroxyl groups excluding tert-OH is 2. The zero-order chi connectivity index (χ0) is 25.2. The summed E-state index contributed by atoms with van der Waals surface area (Å²) in [6.07, 6.45) is 8.02. The summed E-state index contributed by atoms with van der Waals surface area (Å²) in [7, 11) is 0. The Morgan fingerprint density at radius 3 is 2.42 bits per heavy atom. The highest BCUT2D eigenvalue weighted by atomic mass is 32.1. The van der Waals surface area contributed by atoms with Gasteiger partial charge in [0.05, 0.1) is 34.7 Å². The van der Waals surface area contributed by atoms with Crippen LogP contribution in [0.3, 0.4) is 0 Å². The van der Waals surface area contributed by atoms with Crippen molar-refractivity contribution in [1.82, 2.24) is 4.98 Å². The Balaban J connectivity index is 2.36. The van der Waals surface area contributed by atoms with Crippen LogP contribution < -0.4 is 0 Å². The van der Waals surface area contributed by atoms with Crippen molar-refractivity contribution in [3.8, 4) is 0 Å². The first kappa shape index (κ1) is 29.2. The Morgan fingerprint density at radius 1 is 1.18 bits per heavy atom. The van der Waals surface area contributed by atoms with Crippen LogP contribution in [0.4, 0.5) is 0 Å². The lowest BCUT2D eigenvalue weighted by Gasteiger charge is -2.32. The molecule has 3 N–H and O–H groups in total. The molecule has 7 heteroatoms. The first-order chi connectivity index (χ1) is 15.4. The van der Waals surface area contributed by atoms with Crippen LogP contribution in [0.1, 0.15) is 83.8 Å². The highest BCUT2D eigenvalue weighted by Crippen LogP contribution is 2.30. The molecule has 0 aliphatic carbocycles. The van der Waals surface area contributed by atoms with E-state index in [1.807, 2.05) is 6.92 Å². The second-order valence-electron chi connectivity index (χ2n) is 9.63. The molecule has 0 aromatic carbocycles. The van der Waals surface area contributed by atoms with E-state index in [-0.39, 0.29) is 5.78 Å². The zero-order valence-corrected chi connectivity index (χ0v) is 21.7. The van der Waals surface area contributed by atoms with Crippen molar-refractivity contribution >= 4 is 29.2 Å². The van der Waals surface area contributed by atoms with Crippen LogP contribution in [-0.4, -0.2) is 44.3 Å². The van der Waals surface area contributed by atoms with Crippen LogP contribution in [0.25, 0.3) is 6.08 Å². The molecule has 0 radical (unpaired) electrons. The van der Waals surface area contributed by atoms with Crippen LogP contribution in [0.5, 0.6) is 0 Å². The summed E-state index contributed by atoms with van der Waals surface area (Å²) in [6.45, 7) is 11.1. The van der Waals surface area contributed by atoms with Crippen molar-refractivity contribution in [2.75, 3.05) is 0 Å². The molecule has 6 nitrogen and oxygen atoms in total. The molecule has 0 aliphatic rings. The Kier molecular flexibility index (Phi) is 12.2. The van der Waals surface area contributed by atoms with E-state index in [2.05, 4.69) is 42.4 Å². The minimum Gasteiger partial charge on any atom is -0.481 e. The molecule has 0 fully saturated rings. The van der Waals surface area contributed by atoms with E-state index in [1.54, 1.807) is 18.3 Å². The van der Waals surface area contributed by atoms with Crippen molar-refractivity contribution in [2.24, 2.45) is 17.3 Å². The van der Waals surface area contributed by atoms with Gasteiger partial charge in [-0.3, -0.25) is 9.59 Å². The van der Waals surface area contributed by atoms with E-state index in [4.69, 9.17) is 5.11 Å². The number of carbonyl (C=O) groups excluding carboxylic acids is 1. The van der Waals surface area contributed by atoms with Crippen LogP contribution in [0.15, 0.2) is 23.1 Å². The Bertz CT molecular complexity index is 826. The quantitative estimate of drug-likeness (QED) is 0.229. The summed E-state index contributed by atoms with van der Waals surface area (Å²) in [4.78, 5) is 28.0. The molecule has 1 unspecified atom stereocenters. The number of thiazole rings is 1. The van der Waals surface area contributed by atoms with E-state index in [1.165, 1.54) is 19.4 Å². The van der Waals surface area contributed by atoms with Gasteiger partial charge < -0.3 is 15.3 Å². The molecule has 0 saturated heterocycles. The van der Waals surface area contributed by atoms with E-state index < -0.39 is 35.9 Å². The molecule has 186 valence electrons. The molecule has 0 bridgehead atoms. The molecular formula is C26H41NO5S. The molecule has 1 aromatic rings. The largest absolute Gasteiger partial charge is 0.481 e. The molecule has 33 heavy (non-hydrogen) atoms. The molecular weight excluding hydrogens is 438 g/mol. The monoisotopic (exact) mass is 479 g/mol. The van der Waals surface area contributed by atoms with Crippen molar-refractivity contribution in [2.45, 2.75) is 92.3 Å². The molecule has 0 aliphatic heterocycles. The van der Waals surface area contributed by atoms with Gasteiger partial charge in [-0.1, -0.05) is 51.8 Å². The zero-order valence-electron chi connectivity index (χ0n) is 20.9. The maximum Gasteiger partial charge on any atom is 0.306 e. The lowest BCUT2D eigenvalue weighted by atomic mass is 9.74. The minimum atomic E-state index is -1.28. The maximum atomic E-state index is 12.7. The van der Waals surface area contributed by atoms with Crippen molar-refractivity contribution < 1.29 is 24.9 Å². The first-order valence-corrected chi connectivity index (χ1v) is 12.6. The topological polar surface area (TPSA) is 108 Å². The third-order valence-electron chi connectivity index (χ3n) is 6.39. The normalized spacial score (nSPS) is 16.5. The number of nitrogens with zero attached hydrogens (tertiary/aromatic N) is 1. The fraction of sp³-hybridized carbons (Fsp3) is 0.654. The van der Waals surface area contributed by atoms with E-state index in [0.29, 0.717) is 12.3 Å². The molecule has 0 spiro atoms. The second kappa shape index (κ2) is 13.8. The Hall–Kier alpha value is -1.83. The van der Waals surface area contributed by atoms with Crippen LogP contribution in [0.2, 0.25) is 0 Å². The number of allylic oxidation sites excluding steroid dienone is 3. The number of Topliss-reactive ketones (excluding diaryl/α,β-unsaturated/α-hetero) is 1. The summed E-state index contributed by atoms with van der Waals surface area (Å²) in [6, 6.07) is 0. The number of rotatable bonds is 15. The SMILES string of the molecule is C/C(=C\c1csc(C)n1)C(C)C/C=C/CCCC[C@@H](O)[C@@H](C)C(=O)C(C)(C)[C@@H](O)CC(=O)O. The van der Waals surface area contributed by atoms with Gasteiger partial charge in [-0.05, 0) is 51.5 Å². The molecule has 4 atom stereocenters.